The van der Waals surface area contributed by atoms with Crippen LogP contribution in [0.2, 0.25) is 0 Å². The van der Waals surface area contributed by atoms with Crippen LogP contribution < -0.4 is 5.32 Å². The second-order valence-corrected chi connectivity index (χ2v) is 4.41. The lowest BCUT2D eigenvalue weighted by Crippen LogP contribution is -2.02. The summed E-state index contributed by atoms with van der Waals surface area (Å²) in [7, 11) is 0. The summed E-state index contributed by atoms with van der Waals surface area (Å²) in [5, 5.41) is 26.1. The van der Waals surface area contributed by atoms with Crippen molar-refractivity contribution in [3.05, 3.63) is 54.7 Å². The number of benzene rings is 1. The van der Waals surface area contributed by atoms with E-state index >= 15 is 0 Å². The summed E-state index contributed by atoms with van der Waals surface area (Å²) in [6.07, 6.45) is 4.69. The summed E-state index contributed by atoms with van der Waals surface area (Å²) in [4.78, 5) is 8.13. The van der Waals surface area contributed by atoms with Gasteiger partial charge in [0, 0.05) is 18.2 Å². The molecule has 3 N–H and O–H groups in total. The number of aromatic nitrogens is 4. The minimum absolute atomic E-state index is 0.0371. The molecule has 0 spiro atoms. The first-order valence-corrected chi connectivity index (χ1v) is 6.28. The number of anilines is 1. The SMILES string of the molecule is Oc1ccc(CNc2ccc(-n3cncn3)nc2)c(O)c1. The molecule has 0 amide bonds. The van der Waals surface area contributed by atoms with Gasteiger partial charge in [-0.05, 0) is 24.3 Å². The van der Waals surface area contributed by atoms with Gasteiger partial charge in [0.15, 0.2) is 5.82 Å². The maximum Gasteiger partial charge on any atom is 0.155 e. The minimum atomic E-state index is 0.0371. The van der Waals surface area contributed by atoms with E-state index < -0.39 is 0 Å². The van der Waals surface area contributed by atoms with Crippen LogP contribution in [0, 0.1) is 0 Å². The van der Waals surface area contributed by atoms with Gasteiger partial charge in [-0.25, -0.2) is 14.6 Å². The summed E-state index contributed by atoms with van der Waals surface area (Å²) in [6, 6.07) is 8.18. The van der Waals surface area contributed by atoms with Crippen molar-refractivity contribution in [2.75, 3.05) is 5.32 Å². The lowest BCUT2D eigenvalue weighted by molar-refractivity contribution is 0.446. The molecule has 106 valence electrons. The lowest BCUT2D eigenvalue weighted by Gasteiger charge is -2.08. The van der Waals surface area contributed by atoms with Crippen LogP contribution in [0.5, 0.6) is 11.5 Å². The van der Waals surface area contributed by atoms with Crippen LogP contribution in [0.25, 0.3) is 5.82 Å². The predicted octanol–water partition coefficient (Wildman–Crippen LogP) is 1.69. The zero-order chi connectivity index (χ0) is 14.7. The Morgan fingerprint density at radius 3 is 2.71 bits per heavy atom. The minimum Gasteiger partial charge on any atom is -0.508 e. The Morgan fingerprint density at radius 1 is 1.14 bits per heavy atom. The van der Waals surface area contributed by atoms with E-state index in [2.05, 4.69) is 20.4 Å². The van der Waals surface area contributed by atoms with Crippen LogP contribution in [0.4, 0.5) is 5.69 Å². The van der Waals surface area contributed by atoms with Crippen molar-refractivity contribution in [2.45, 2.75) is 6.54 Å². The second-order valence-electron chi connectivity index (χ2n) is 4.41. The Labute approximate surface area is 120 Å². The molecule has 3 aromatic rings. The van der Waals surface area contributed by atoms with Crippen molar-refractivity contribution in [2.24, 2.45) is 0 Å². The van der Waals surface area contributed by atoms with Gasteiger partial charge < -0.3 is 15.5 Å². The Balaban J connectivity index is 1.68. The van der Waals surface area contributed by atoms with E-state index in [1.807, 2.05) is 12.1 Å². The molecule has 0 aliphatic rings. The number of phenols is 2. The highest BCUT2D eigenvalue weighted by molar-refractivity contribution is 5.46. The monoisotopic (exact) mass is 283 g/mol. The predicted molar refractivity (Wildman–Crippen MR) is 76.3 cm³/mol. The van der Waals surface area contributed by atoms with Crippen molar-refractivity contribution in [3.8, 4) is 17.3 Å². The third-order valence-electron chi connectivity index (χ3n) is 2.95. The molecule has 0 bridgehead atoms. The molecule has 0 saturated heterocycles. The molecular formula is C14H13N5O2. The number of aromatic hydroxyl groups is 2. The second kappa shape index (κ2) is 5.49. The molecular weight excluding hydrogens is 270 g/mol. The Morgan fingerprint density at radius 2 is 2.05 bits per heavy atom. The number of nitrogens with one attached hydrogen (secondary N) is 1. The normalized spacial score (nSPS) is 10.5. The molecule has 1 aromatic carbocycles. The summed E-state index contributed by atoms with van der Waals surface area (Å²) < 4.78 is 1.57. The van der Waals surface area contributed by atoms with E-state index in [4.69, 9.17) is 0 Å². The van der Waals surface area contributed by atoms with Crippen molar-refractivity contribution >= 4 is 5.69 Å². The molecule has 7 nitrogen and oxygen atoms in total. The summed E-state index contributed by atoms with van der Waals surface area (Å²) in [6.45, 7) is 0.427. The van der Waals surface area contributed by atoms with Crippen molar-refractivity contribution in [1.82, 2.24) is 19.7 Å². The van der Waals surface area contributed by atoms with Crippen LogP contribution in [-0.4, -0.2) is 30.0 Å². The molecule has 7 heteroatoms. The molecule has 0 radical (unpaired) electrons. The van der Waals surface area contributed by atoms with E-state index in [0.29, 0.717) is 17.9 Å². The van der Waals surface area contributed by atoms with E-state index in [-0.39, 0.29) is 11.5 Å². The third-order valence-corrected chi connectivity index (χ3v) is 2.95. The first kappa shape index (κ1) is 12.9. The van der Waals surface area contributed by atoms with Gasteiger partial charge in [-0.3, -0.25) is 0 Å². The quantitative estimate of drug-likeness (QED) is 0.674. The van der Waals surface area contributed by atoms with Gasteiger partial charge in [0.2, 0.25) is 0 Å². The summed E-state index contributed by atoms with van der Waals surface area (Å²) in [5.41, 5.74) is 1.50. The molecule has 0 fully saturated rings. The molecule has 0 aliphatic carbocycles. The van der Waals surface area contributed by atoms with Crippen LogP contribution in [0.15, 0.2) is 49.2 Å². The smallest absolute Gasteiger partial charge is 0.155 e. The van der Waals surface area contributed by atoms with Crippen LogP contribution >= 0.6 is 0 Å². The summed E-state index contributed by atoms with van der Waals surface area (Å²) >= 11 is 0. The fourth-order valence-electron chi connectivity index (χ4n) is 1.85. The number of phenolic OH excluding ortho intramolecular Hbond substituents is 2. The van der Waals surface area contributed by atoms with Crippen molar-refractivity contribution in [1.29, 1.82) is 0 Å². The molecule has 2 heterocycles. The van der Waals surface area contributed by atoms with Gasteiger partial charge in [0.25, 0.3) is 0 Å². The molecule has 21 heavy (non-hydrogen) atoms. The highest BCUT2D eigenvalue weighted by atomic mass is 16.3. The Hall–Kier alpha value is -3.09. The highest BCUT2D eigenvalue weighted by Gasteiger charge is 2.03. The molecule has 0 aliphatic heterocycles. The van der Waals surface area contributed by atoms with Crippen LogP contribution in [0.1, 0.15) is 5.56 Å². The van der Waals surface area contributed by atoms with Crippen molar-refractivity contribution in [3.63, 3.8) is 0 Å². The maximum atomic E-state index is 9.70. The average molecular weight is 283 g/mol. The van der Waals surface area contributed by atoms with Gasteiger partial charge in [0.1, 0.15) is 24.2 Å². The molecule has 0 unspecified atom stereocenters. The van der Waals surface area contributed by atoms with Gasteiger partial charge in [-0.2, -0.15) is 5.10 Å². The number of pyridine rings is 1. The first-order chi connectivity index (χ1) is 10.2. The molecule has 0 atom stereocenters. The topological polar surface area (TPSA) is 96.1 Å². The van der Waals surface area contributed by atoms with Gasteiger partial charge in [-0.15, -0.1) is 0 Å². The zero-order valence-corrected chi connectivity index (χ0v) is 11.0. The fourth-order valence-corrected chi connectivity index (χ4v) is 1.85. The number of hydrogen-bond acceptors (Lipinski definition) is 6. The number of rotatable bonds is 4. The van der Waals surface area contributed by atoms with Crippen molar-refractivity contribution < 1.29 is 10.2 Å². The van der Waals surface area contributed by atoms with E-state index in [1.54, 1.807) is 23.3 Å². The molecule has 3 rings (SSSR count). The number of hydrogen-bond donors (Lipinski definition) is 3. The first-order valence-electron chi connectivity index (χ1n) is 6.28. The highest BCUT2D eigenvalue weighted by Crippen LogP contribution is 2.23. The fraction of sp³-hybridized carbons (Fsp3) is 0.0714. The molecule has 0 saturated carbocycles. The Bertz CT molecular complexity index is 726. The van der Waals surface area contributed by atoms with E-state index in [9.17, 15) is 10.2 Å². The maximum absolute atomic E-state index is 9.70. The zero-order valence-electron chi connectivity index (χ0n) is 11.0. The number of nitrogens with zero attached hydrogens (tertiary/aromatic N) is 4. The van der Waals surface area contributed by atoms with E-state index in [0.717, 1.165) is 5.69 Å². The lowest BCUT2D eigenvalue weighted by atomic mass is 10.2. The van der Waals surface area contributed by atoms with Gasteiger partial charge in [-0.1, -0.05) is 0 Å². The van der Waals surface area contributed by atoms with Gasteiger partial charge >= 0.3 is 0 Å². The largest absolute Gasteiger partial charge is 0.508 e. The average Bonchev–Trinajstić information content (AvgIpc) is 3.01. The van der Waals surface area contributed by atoms with Crippen LogP contribution in [0.3, 0.4) is 0 Å². The van der Waals surface area contributed by atoms with E-state index in [1.165, 1.54) is 18.5 Å². The molecule has 2 aromatic heterocycles. The standard InChI is InChI=1S/C14H13N5O2/c20-12-3-1-10(13(21)5-12)6-16-11-2-4-14(17-7-11)19-9-15-8-18-19/h1-5,7-9,16,20-21H,6H2. The van der Waals surface area contributed by atoms with Gasteiger partial charge in [0.05, 0.1) is 11.9 Å². The third kappa shape index (κ3) is 2.92. The Kier molecular flexibility index (Phi) is 3.38. The van der Waals surface area contributed by atoms with Crippen LogP contribution in [-0.2, 0) is 6.54 Å². The summed E-state index contributed by atoms with van der Waals surface area (Å²) in [5.74, 6) is 0.760.